The minimum absolute atomic E-state index is 0.0288. The van der Waals surface area contributed by atoms with Crippen molar-refractivity contribution in [3.8, 4) is 0 Å². The maximum Gasteiger partial charge on any atom is 0.307 e. The quantitative estimate of drug-likeness (QED) is 0.643. The molecule has 1 aromatic carbocycles. The monoisotopic (exact) mass is 435 g/mol. The van der Waals surface area contributed by atoms with E-state index < -0.39 is 11.4 Å². The van der Waals surface area contributed by atoms with E-state index >= 15 is 0 Å². The summed E-state index contributed by atoms with van der Waals surface area (Å²) in [6.07, 6.45) is 4.95. The highest BCUT2D eigenvalue weighted by Crippen LogP contribution is 2.55. The lowest BCUT2D eigenvalue weighted by molar-refractivity contribution is -0.136. The third-order valence-electron chi connectivity index (χ3n) is 7.59. The van der Waals surface area contributed by atoms with Gasteiger partial charge in [-0.15, -0.1) is 0 Å². The topological polar surface area (TPSA) is 84.2 Å². The van der Waals surface area contributed by atoms with Gasteiger partial charge in [-0.1, -0.05) is 12.1 Å². The zero-order valence-corrected chi connectivity index (χ0v) is 18.0. The van der Waals surface area contributed by atoms with Crippen molar-refractivity contribution in [1.82, 2.24) is 14.9 Å². The summed E-state index contributed by atoms with van der Waals surface area (Å²) in [5.41, 5.74) is 2.87. The molecule has 1 amide bonds. The van der Waals surface area contributed by atoms with E-state index in [1.165, 1.54) is 12.1 Å². The van der Waals surface area contributed by atoms with Crippen LogP contribution in [0.15, 0.2) is 42.6 Å². The lowest BCUT2D eigenvalue weighted by Crippen LogP contribution is -2.58. The van der Waals surface area contributed by atoms with Crippen LogP contribution in [0.25, 0.3) is 11.0 Å². The minimum atomic E-state index is -0.860. The molecule has 2 aliphatic rings. The maximum absolute atomic E-state index is 13.6. The van der Waals surface area contributed by atoms with Gasteiger partial charge in [0.2, 0.25) is 5.91 Å². The average molecular weight is 435 g/mol. The smallest absolute Gasteiger partial charge is 0.307 e. The second-order valence-corrected chi connectivity index (χ2v) is 8.98. The number of amides is 1. The highest BCUT2D eigenvalue weighted by molar-refractivity contribution is 5.90. The Balaban J connectivity index is 1.54. The molecule has 0 bridgehead atoms. The zero-order chi connectivity index (χ0) is 22.5. The SMILES string of the molecule is CNC(=O)C1(c2ccc(F)cc2)CCC1C1CCn2c(c(CC(=O)O)c3cccnc32)C1. The van der Waals surface area contributed by atoms with Crippen LogP contribution in [0, 0.1) is 17.7 Å². The number of rotatable bonds is 5. The Kier molecular flexibility index (Phi) is 4.99. The summed E-state index contributed by atoms with van der Waals surface area (Å²) in [6.45, 7) is 0.747. The molecule has 2 N–H and O–H groups in total. The Morgan fingerprint density at radius 3 is 2.69 bits per heavy atom. The molecular weight excluding hydrogens is 409 g/mol. The number of hydrogen-bond acceptors (Lipinski definition) is 3. The van der Waals surface area contributed by atoms with Crippen LogP contribution in [0.5, 0.6) is 0 Å². The summed E-state index contributed by atoms with van der Waals surface area (Å²) in [7, 11) is 1.65. The number of aliphatic carboxylic acids is 1. The molecule has 0 spiro atoms. The predicted molar refractivity (Wildman–Crippen MR) is 118 cm³/mol. The molecule has 0 saturated heterocycles. The van der Waals surface area contributed by atoms with Gasteiger partial charge in [0.15, 0.2) is 0 Å². The van der Waals surface area contributed by atoms with E-state index in [2.05, 4.69) is 14.9 Å². The first-order chi connectivity index (χ1) is 15.5. The molecule has 0 radical (unpaired) electrons. The number of aromatic nitrogens is 2. The van der Waals surface area contributed by atoms with Gasteiger partial charge in [-0.3, -0.25) is 9.59 Å². The van der Waals surface area contributed by atoms with Gasteiger partial charge >= 0.3 is 5.97 Å². The van der Waals surface area contributed by atoms with Crippen LogP contribution in [0.2, 0.25) is 0 Å². The van der Waals surface area contributed by atoms with Gasteiger partial charge in [-0.2, -0.15) is 0 Å². The number of carboxylic acids is 1. The van der Waals surface area contributed by atoms with E-state index in [4.69, 9.17) is 0 Å². The summed E-state index contributed by atoms with van der Waals surface area (Å²) in [6, 6.07) is 10.1. The first-order valence-corrected chi connectivity index (χ1v) is 11.1. The third kappa shape index (κ3) is 3.02. The number of carbonyl (C=O) groups is 2. The van der Waals surface area contributed by atoms with Gasteiger partial charge in [0.05, 0.1) is 11.8 Å². The predicted octanol–water partition coefficient (Wildman–Crippen LogP) is 3.46. The molecule has 3 heterocycles. The molecule has 3 unspecified atom stereocenters. The molecule has 3 aromatic rings. The number of nitrogens with one attached hydrogen (secondary N) is 1. The molecule has 32 heavy (non-hydrogen) atoms. The number of hydrogen-bond donors (Lipinski definition) is 2. The Hall–Kier alpha value is -3.22. The van der Waals surface area contributed by atoms with Gasteiger partial charge in [0.1, 0.15) is 11.5 Å². The molecule has 1 aliphatic heterocycles. The molecular formula is C25H26FN3O3. The number of carboxylic acid groups (broad SMARTS) is 1. The number of carbonyl (C=O) groups excluding carboxylic acids is 1. The summed E-state index contributed by atoms with van der Waals surface area (Å²) in [5, 5.41) is 13.3. The zero-order valence-electron chi connectivity index (χ0n) is 18.0. The summed E-state index contributed by atoms with van der Waals surface area (Å²) >= 11 is 0. The van der Waals surface area contributed by atoms with Crippen LogP contribution in [0.4, 0.5) is 4.39 Å². The van der Waals surface area contributed by atoms with Crippen molar-refractivity contribution in [3.63, 3.8) is 0 Å². The van der Waals surface area contributed by atoms with Gasteiger partial charge in [0, 0.05) is 30.9 Å². The first-order valence-electron chi connectivity index (χ1n) is 11.1. The largest absolute Gasteiger partial charge is 0.481 e. The Morgan fingerprint density at radius 2 is 2.03 bits per heavy atom. The lowest BCUT2D eigenvalue weighted by Gasteiger charge is -2.52. The van der Waals surface area contributed by atoms with Crippen molar-refractivity contribution in [2.45, 2.75) is 44.1 Å². The normalized spacial score (nSPS) is 24.6. The van der Waals surface area contributed by atoms with Crippen molar-refractivity contribution in [2.24, 2.45) is 11.8 Å². The van der Waals surface area contributed by atoms with Crippen LogP contribution in [-0.4, -0.2) is 33.6 Å². The van der Waals surface area contributed by atoms with E-state index in [1.807, 2.05) is 12.1 Å². The summed E-state index contributed by atoms with van der Waals surface area (Å²) in [5.74, 6) is -0.856. The number of fused-ring (bicyclic) bond motifs is 3. The fourth-order valence-electron chi connectivity index (χ4n) is 6.08. The summed E-state index contributed by atoms with van der Waals surface area (Å²) < 4.78 is 15.7. The van der Waals surface area contributed by atoms with Crippen molar-refractivity contribution in [2.75, 3.05) is 7.05 Å². The molecule has 166 valence electrons. The Morgan fingerprint density at radius 1 is 1.25 bits per heavy atom. The van der Waals surface area contributed by atoms with E-state index in [0.717, 1.165) is 53.7 Å². The molecule has 3 atom stereocenters. The molecule has 1 fully saturated rings. The van der Waals surface area contributed by atoms with Crippen LogP contribution < -0.4 is 5.32 Å². The maximum atomic E-state index is 13.6. The van der Waals surface area contributed by atoms with Gasteiger partial charge < -0.3 is 15.0 Å². The van der Waals surface area contributed by atoms with E-state index in [-0.39, 0.29) is 30.0 Å². The van der Waals surface area contributed by atoms with Crippen molar-refractivity contribution in [3.05, 3.63) is 65.2 Å². The number of likely N-dealkylation sites (N-methyl/N-ethyl adjacent to an activating group) is 1. The molecule has 5 rings (SSSR count). The summed E-state index contributed by atoms with van der Waals surface area (Å²) in [4.78, 5) is 29.3. The molecule has 1 aliphatic carbocycles. The number of nitrogens with zero attached hydrogens (tertiary/aromatic N) is 2. The van der Waals surface area contributed by atoms with E-state index in [0.29, 0.717) is 6.42 Å². The van der Waals surface area contributed by atoms with Gasteiger partial charge in [-0.05, 0) is 72.9 Å². The number of benzene rings is 1. The van der Waals surface area contributed by atoms with Crippen LogP contribution in [0.1, 0.15) is 36.1 Å². The van der Waals surface area contributed by atoms with Crippen LogP contribution in [0.3, 0.4) is 0 Å². The second-order valence-electron chi connectivity index (χ2n) is 8.98. The Labute approximate surface area is 185 Å². The van der Waals surface area contributed by atoms with Crippen LogP contribution in [-0.2, 0) is 34.4 Å². The number of halogens is 1. The first kappa shape index (κ1) is 20.7. The minimum Gasteiger partial charge on any atom is -0.481 e. The third-order valence-corrected chi connectivity index (χ3v) is 7.59. The van der Waals surface area contributed by atoms with Crippen molar-refractivity contribution >= 4 is 22.9 Å². The van der Waals surface area contributed by atoms with Gasteiger partial charge in [0.25, 0.3) is 0 Å². The highest BCUT2D eigenvalue weighted by atomic mass is 19.1. The van der Waals surface area contributed by atoms with Crippen LogP contribution >= 0.6 is 0 Å². The van der Waals surface area contributed by atoms with Crippen molar-refractivity contribution in [1.29, 1.82) is 0 Å². The van der Waals surface area contributed by atoms with Gasteiger partial charge in [-0.25, -0.2) is 9.37 Å². The fourth-order valence-corrected chi connectivity index (χ4v) is 6.08. The Bertz CT molecular complexity index is 1200. The fraction of sp³-hybridized carbons (Fsp3) is 0.400. The molecule has 1 saturated carbocycles. The van der Waals surface area contributed by atoms with E-state index in [9.17, 15) is 19.1 Å². The highest BCUT2D eigenvalue weighted by Gasteiger charge is 2.56. The number of aryl methyl sites for hydroxylation is 1. The molecule has 6 nitrogen and oxygen atoms in total. The standard InChI is InChI=1S/C25H26FN3O3/c1-27-24(32)25(16-4-6-17(26)7-5-16)10-8-20(25)15-9-12-29-21(13-15)19(14-22(30)31)18-3-2-11-28-23(18)29/h2-7,11,15,20H,8-10,12-14H2,1H3,(H,27,32)(H,30,31). The van der Waals surface area contributed by atoms with Crippen molar-refractivity contribution < 1.29 is 19.1 Å². The average Bonchev–Trinajstić information content (AvgIpc) is 3.07. The second kappa shape index (κ2) is 7.73. The van der Waals surface area contributed by atoms with E-state index in [1.54, 1.807) is 25.4 Å². The molecule has 2 aromatic heterocycles. The lowest BCUT2D eigenvalue weighted by atomic mass is 9.51. The number of pyridine rings is 1. The molecule has 7 heteroatoms.